The van der Waals surface area contributed by atoms with Gasteiger partial charge in [-0.25, -0.2) is 9.18 Å². The van der Waals surface area contributed by atoms with E-state index in [0.29, 0.717) is 11.4 Å². The van der Waals surface area contributed by atoms with E-state index in [-0.39, 0.29) is 38.3 Å². The Hall–Kier alpha value is -2.96. The third kappa shape index (κ3) is 3.99. The van der Waals surface area contributed by atoms with Crippen molar-refractivity contribution in [3.05, 3.63) is 60.2 Å². The Labute approximate surface area is 150 Å². The second-order valence-corrected chi connectivity index (χ2v) is 6.23. The summed E-state index contributed by atoms with van der Waals surface area (Å²) in [6.07, 6.45) is 2.13. The molecule has 7 heteroatoms. The maximum absolute atomic E-state index is 13.0. The van der Waals surface area contributed by atoms with E-state index in [1.54, 1.807) is 23.2 Å². The van der Waals surface area contributed by atoms with Crippen molar-refractivity contribution in [1.29, 1.82) is 0 Å². The molecule has 136 valence electrons. The summed E-state index contributed by atoms with van der Waals surface area (Å²) >= 11 is 0. The van der Waals surface area contributed by atoms with Crippen LogP contribution in [0.25, 0.3) is 0 Å². The number of carbonyl (C=O) groups is 2. The number of halogens is 1. The number of nitrogens with zero attached hydrogens (tertiary/aromatic N) is 2. The van der Waals surface area contributed by atoms with Gasteiger partial charge in [-0.2, -0.15) is 0 Å². The molecule has 1 N–H and O–H groups in total. The standard InChI is InChI=1S/C19H19FN2O4/c20-14-4-6-16(7-5-14)26-19(18(24)25)8-11-22(12-9-19)17(23)13-15-3-1-2-10-21-15/h1-7,10H,8-9,11-13H2,(H,24,25). The molecule has 0 saturated carbocycles. The molecule has 3 rings (SSSR count). The number of amides is 1. The molecular formula is C19H19FN2O4. The average molecular weight is 358 g/mol. The Bertz CT molecular complexity index is 772. The molecule has 0 aliphatic carbocycles. The van der Waals surface area contributed by atoms with Gasteiger partial charge < -0.3 is 14.7 Å². The molecule has 0 radical (unpaired) electrons. The maximum Gasteiger partial charge on any atom is 0.348 e. The van der Waals surface area contributed by atoms with E-state index in [9.17, 15) is 19.1 Å². The van der Waals surface area contributed by atoms with Gasteiger partial charge in [0.2, 0.25) is 11.5 Å². The summed E-state index contributed by atoms with van der Waals surface area (Å²) in [5, 5.41) is 9.65. The molecule has 0 unspecified atom stereocenters. The van der Waals surface area contributed by atoms with E-state index in [4.69, 9.17) is 4.74 Å². The summed E-state index contributed by atoms with van der Waals surface area (Å²) in [5.41, 5.74) is -0.741. The summed E-state index contributed by atoms with van der Waals surface area (Å²) in [4.78, 5) is 30.0. The van der Waals surface area contributed by atoms with Crippen LogP contribution in [-0.4, -0.2) is 45.6 Å². The quantitative estimate of drug-likeness (QED) is 0.887. The molecule has 1 aromatic carbocycles. The number of hydrogen-bond acceptors (Lipinski definition) is 4. The molecule has 6 nitrogen and oxygen atoms in total. The minimum atomic E-state index is -1.42. The van der Waals surface area contributed by atoms with Gasteiger partial charge in [-0.3, -0.25) is 9.78 Å². The van der Waals surface area contributed by atoms with Gasteiger partial charge in [0, 0.05) is 37.8 Å². The number of likely N-dealkylation sites (tertiary alicyclic amines) is 1. The van der Waals surface area contributed by atoms with Crippen LogP contribution in [0.4, 0.5) is 4.39 Å². The van der Waals surface area contributed by atoms with Crippen LogP contribution in [0.5, 0.6) is 5.75 Å². The maximum atomic E-state index is 13.0. The zero-order valence-corrected chi connectivity index (χ0v) is 14.1. The van der Waals surface area contributed by atoms with E-state index < -0.39 is 17.4 Å². The first kappa shape index (κ1) is 17.8. The van der Waals surface area contributed by atoms with Crippen molar-refractivity contribution in [3.63, 3.8) is 0 Å². The van der Waals surface area contributed by atoms with E-state index in [1.165, 1.54) is 24.3 Å². The number of carboxylic acid groups (broad SMARTS) is 1. The number of ether oxygens (including phenoxy) is 1. The monoisotopic (exact) mass is 358 g/mol. The molecule has 0 spiro atoms. The van der Waals surface area contributed by atoms with Crippen molar-refractivity contribution in [2.45, 2.75) is 24.9 Å². The molecular weight excluding hydrogens is 339 g/mol. The van der Waals surface area contributed by atoms with Gasteiger partial charge in [-0.1, -0.05) is 6.07 Å². The fraction of sp³-hybridized carbons (Fsp3) is 0.316. The van der Waals surface area contributed by atoms with Gasteiger partial charge in [0.1, 0.15) is 11.6 Å². The number of rotatable bonds is 5. The smallest absolute Gasteiger partial charge is 0.348 e. The summed E-state index contributed by atoms with van der Waals surface area (Å²) in [6, 6.07) is 10.6. The predicted molar refractivity (Wildman–Crippen MR) is 91.1 cm³/mol. The normalized spacial score (nSPS) is 16.1. The number of pyridine rings is 1. The third-order valence-corrected chi connectivity index (χ3v) is 4.50. The molecule has 1 aromatic heterocycles. The molecule has 1 aliphatic rings. The van der Waals surface area contributed by atoms with Crippen molar-refractivity contribution in [3.8, 4) is 5.75 Å². The fourth-order valence-electron chi connectivity index (χ4n) is 2.97. The first-order valence-electron chi connectivity index (χ1n) is 8.34. The van der Waals surface area contributed by atoms with E-state index in [1.807, 2.05) is 6.07 Å². The first-order valence-corrected chi connectivity index (χ1v) is 8.34. The van der Waals surface area contributed by atoms with Crippen molar-refractivity contribution in [2.24, 2.45) is 0 Å². The Kier molecular flexibility index (Phi) is 5.16. The summed E-state index contributed by atoms with van der Waals surface area (Å²) in [6.45, 7) is 0.554. The number of aromatic nitrogens is 1. The van der Waals surface area contributed by atoms with Crippen molar-refractivity contribution in [1.82, 2.24) is 9.88 Å². The van der Waals surface area contributed by atoms with E-state index in [2.05, 4.69) is 4.98 Å². The number of aliphatic carboxylic acids is 1. The van der Waals surface area contributed by atoms with Crippen LogP contribution in [0.3, 0.4) is 0 Å². The van der Waals surface area contributed by atoms with E-state index in [0.717, 1.165) is 0 Å². The second kappa shape index (κ2) is 7.51. The SMILES string of the molecule is O=C(Cc1ccccn1)N1CCC(Oc2ccc(F)cc2)(C(=O)O)CC1. The highest BCUT2D eigenvalue weighted by molar-refractivity contribution is 5.81. The Balaban J connectivity index is 1.64. The Morgan fingerprint density at radius 3 is 2.42 bits per heavy atom. The van der Waals surface area contributed by atoms with Gasteiger partial charge in [0.25, 0.3) is 0 Å². The average Bonchev–Trinajstić information content (AvgIpc) is 2.65. The van der Waals surface area contributed by atoms with Gasteiger partial charge in [-0.05, 0) is 36.4 Å². The lowest BCUT2D eigenvalue weighted by Crippen LogP contribution is -2.54. The van der Waals surface area contributed by atoms with Crippen molar-refractivity contribution >= 4 is 11.9 Å². The molecule has 1 aliphatic heterocycles. The van der Waals surface area contributed by atoms with Crippen LogP contribution < -0.4 is 4.74 Å². The van der Waals surface area contributed by atoms with Crippen molar-refractivity contribution in [2.75, 3.05) is 13.1 Å². The number of piperidine rings is 1. The lowest BCUT2D eigenvalue weighted by Gasteiger charge is -2.38. The topological polar surface area (TPSA) is 79.7 Å². The largest absolute Gasteiger partial charge is 0.478 e. The van der Waals surface area contributed by atoms with Gasteiger partial charge in [0.15, 0.2) is 0 Å². The predicted octanol–water partition coefficient (Wildman–Crippen LogP) is 2.29. The second-order valence-electron chi connectivity index (χ2n) is 6.23. The van der Waals surface area contributed by atoms with Crippen LogP contribution in [0.2, 0.25) is 0 Å². The summed E-state index contributed by atoms with van der Waals surface area (Å²) < 4.78 is 18.7. The third-order valence-electron chi connectivity index (χ3n) is 4.50. The molecule has 26 heavy (non-hydrogen) atoms. The minimum Gasteiger partial charge on any atom is -0.478 e. The highest BCUT2D eigenvalue weighted by Crippen LogP contribution is 2.29. The van der Waals surface area contributed by atoms with Crippen LogP contribution in [0, 0.1) is 5.82 Å². The molecule has 1 saturated heterocycles. The molecule has 2 aromatic rings. The molecule has 1 fully saturated rings. The number of benzene rings is 1. The number of carbonyl (C=O) groups excluding carboxylic acids is 1. The highest BCUT2D eigenvalue weighted by atomic mass is 19.1. The first-order chi connectivity index (χ1) is 12.5. The minimum absolute atomic E-state index is 0.0931. The van der Waals surface area contributed by atoms with Crippen LogP contribution in [-0.2, 0) is 16.0 Å². The molecule has 2 heterocycles. The Morgan fingerprint density at radius 1 is 1.15 bits per heavy atom. The van der Waals surface area contributed by atoms with Gasteiger partial charge >= 0.3 is 5.97 Å². The lowest BCUT2D eigenvalue weighted by atomic mass is 9.90. The lowest BCUT2D eigenvalue weighted by molar-refractivity contribution is -0.161. The molecule has 1 amide bonds. The zero-order chi connectivity index (χ0) is 18.6. The van der Waals surface area contributed by atoms with Crippen LogP contribution >= 0.6 is 0 Å². The van der Waals surface area contributed by atoms with Crippen LogP contribution in [0.1, 0.15) is 18.5 Å². The van der Waals surface area contributed by atoms with Gasteiger partial charge in [0.05, 0.1) is 6.42 Å². The summed E-state index contributed by atoms with van der Waals surface area (Å²) in [7, 11) is 0. The fourth-order valence-corrected chi connectivity index (χ4v) is 2.97. The highest BCUT2D eigenvalue weighted by Gasteiger charge is 2.44. The molecule has 0 bridgehead atoms. The number of carboxylic acids is 1. The zero-order valence-electron chi connectivity index (χ0n) is 14.1. The van der Waals surface area contributed by atoms with Crippen LogP contribution in [0.15, 0.2) is 48.7 Å². The Morgan fingerprint density at radius 2 is 1.85 bits per heavy atom. The van der Waals surface area contributed by atoms with E-state index >= 15 is 0 Å². The molecule has 0 atom stereocenters. The van der Waals surface area contributed by atoms with Crippen molar-refractivity contribution < 1.29 is 23.8 Å². The van der Waals surface area contributed by atoms with Gasteiger partial charge in [-0.15, -0.1) is 0 Å². The number of hydrogen-bond donors (Lipinski definition) is 1. The summed E-state index contributed by atoms with van der Waals surface area (Å²) in [5.74, 6) is -1.30.